The Morgan fingerprint density at radius 1 is 0.818 bits per heavy atom. The van der Waals surface area contributed by atoms with Gasteiger partial charge < -0.3 is 14.8 Å². The molecule has 3 rings (SSSR count). The van der Waals surface area contributed by atoms with E-state index >= 15 is 0 Å². The number of anilines is 2. The quantitative estimate of drug-likeness (QED) is 0.313. The first-order valence-corrected chi connectivity index (χ1v) is 13.1. The van der Waals surface area contributed by atoms with Crippen molar-refractivity contribution in [2.24, 2.45) is 0 Å². The second-order valence-electron chi connectivity index (χ2n) is 6.73. The molecule has 0 radical (unpaired) electrons. The molecule has 0 heterocycles. The maximum atomic E-state index is 12.9. The second-order valence-corrected chi connectivity index (χ2v) is 10.2. The van der Waals surface area contributed by atoms with Gasteiger partial charge in [0.25, 0.3) is 15.9 Å². The fourth-order valence-electron chi connectivity index (χ4n) is 2.90. The number of hydrogen-bond acceptors (Lipinski definition) is 5. The maximum absolute atomic E-state index is 12.9. The fraction of sp³-hybridized carbons (Fsp3) is 0.174. The van der Waals surface area contributed by atoms with E-state index in [0.717, 1.165) is 8.95 Å². The van der Waals surface area contributed by atoms with Crippen LogP contribution in [-0.4, -0.2) is 27.5 Å². The number of carbonyl (C=O) groups excluding carboxylic acids is 1. The van der Waals surface area contributed by atoms with Gasteiger partial charge in [-0.05, 0) is 62.4 Å². The van der Waals surface area contributed by atoms with Crippen LogP contribution in [0.2, 0.25) is 0 Å². The molecule has 33 heavy (non-hydrogen) atoms. The SMILES string of the molecule is CCOc1cc(NS(=O)(=O)c2ccc(Br)cc2)c(OCC)cc1NC(=O)c1ccc(Br)cc1. The predicted molar refractivity (Wildman–Crippen MR) is 136 cm³/mol. The van der Waals surface area contributed by atoms with Crippen molar-refractivity contribution in [1.29, 1.82) is 0 Å². The van der Waals surface area contributed by atoms with Crippen LogP contribution in [0.5, 0.6) is 11.5 Å². The molecule has 0 spiro atoms. The minimum Gasteiger partial charge on any atom is -0.492 e. The topological polar surface area (TPSA) is 93.7 Å². The van der Waals surface area contributed by atoms with Crippen LogP contribution >= 0.6 is 31.9 Å². The van der Waals surface area contributed by atoms with Crippen molar-refractivity contribution in [1.82, 2.24) is 0 Å². The van der Waals surface area contributed by atoms with Crippen molar-refractivity contribution in [3.05, 3.63) is 75.2 Å². The first-order valence-electron chi connectivity index (χ1n) is 10.0. The third kappa shape index (κ3) is 6.49. The molecule has 0 saturated heterocycles. The van der Waals surface area contributed by atoms with Crippen molar-refractivity contribution in [3.8, 4) is 11.5 Å². The number of nitrogens with one attached hydrogen (secondary N) is 2. The zero-order valence-corrected chi connectivity index (χ0v) is 21.9. The van der Waals surface area contributed by atoms with Crippen LogP contribution in [0.15, 0.2) is 74.5 Å². The van der Waals surface area contributed by atoms with E-state index in [1.165, 1.54) is 18.2 Å². The van der Waals surface area contributed by atoms with Gasteiger partial charge in [0.15, 0.2) is 0 Å². The maximum Gasteiger partial charge on any atom is 0.262 e. The van der Waals surface area contributed by atoms with Gasteiger partial charge in [-0.25, -0.2) is 8.42 Å². The van der Waals surface area contributed by atoms with E-state index in [0.29, 0.717) is 30.2 Å². The zero-order chi connectivity index (χ0) is 24.0. The molecule has 3 aromatic carbocycles. The molecule has 0 atom stereocenters. The summed E-state index contributed by atoms with van der Waals surface area (Å²) in [4.78, 5) is 12.8. The molecule has 1 amide bonds. The van der Waals surface area contributed by atoms with Crippen LogP contribution in [0, 0.1) is 0 Å². The van der Waals surface area contributed by atoms with Crippen molar-refractivity contribution < 1.29 is 22.7 Å². The molecule has 0 bridgehead atoms. The van der Waals surface area contributed by atoms with Crippen LogP contribution in [0.25, 0.3) is 0 Å². The van der Waals surface area contributed by atoms with Gasteiger partial charge in [0.2, 0.25) is 0 Å². The molecular formula is C23H22Br2N2O5S. The minimum absolute atomic E-state index is 0.0960. The Hall–Kier alpha value is -2.56. The van der Waals surface area contributed by atoms with Crippen LogP contribution in [0.4, 0.5) is 11.4 Å². The number of ether oxygens (including phenoxy) is 2. The lowest BCUT2D eigenvalue weighted by molar-refractivity contribution is 0.102. The number of sulfonamides is 1. The number of hydrogen-bond donors (Lipinski definition) is 2. The van der Waals surface area contributed by atoms with E-state index in [1.54, 1.807) is 56.3 Å². The normalized spacial score (nSPS) is 11.0. The highest BCUT2D eigenvalue weighted by molar-refractivity contribution is 9.10. The Bertz CT molecular complexity index is 1230. The van der Waals surface area contributed by atoms with E-state index in [2.05, 4.69) is 41.9 Å². The zero-order valence-electron chi connectivity index (χ0n) is 17.9. The third-order valence-electron chi connectivity index (χ3n) is 4.40. The monoisotopic (exact) mass is 596 g/mol. The third-order valence-corrected chi connectivity index (χ3v) is 6.84. The fourth-order valence-corrected chi connectivity index (χ4v) is 4.49. The minimum atomic E-state index is -3.88. The Morgan fingerprint density at radius 2 is 1.30 bits per heavy atom. The molecule has 2 N–H and O–H groups in total. The lowest BCUT2D eigenvalue weighted by atomic mass is 10.2. The van der Waals surface area contributed by atoms with Gasteiger partial charge in [-0.1, -0.05) is 31.9 Å². The number of carbonyl (C=O) groups is 1. The standard InChI is InChI=1S/C23H22Br2N2O5S/c1-3-31-21-14-20(27-33(29,30)18-11-9-17(25)10-12-18)22(32-4-2)13-19(21)26-23(28)15-5-7-16(24)8-6-15/h5-14,27H,3-4H2,1-2H3,(H,26,28). The lowest BCUT2D eigenvalue weighted by Crippen LogP contribution is -2.16. The van der Waals surface area contributed by atoms with Gasteiger partial charge >= 0.3 is 0 Å². The van der Waals surface area contributed by atoms with Gasteiger partial charge in [-0.2, -0.15) is 0 Å². The Labute approximate surface area is 209 Å². The molecule has 0 fully saturated rings. The molecule has 0 saturated carbocycles. The molecule has 0 aliphatic rings. The van der Waals surface area contributed by atoms with Crippen LogP contribution < -0.4 is 19.5 Å². The summed E-state index contributed by atoms with van der Waals surface area (Å²) in [6, 6.07) is 16.2. The summed E-state index contributed by atoms with van der Waals surface area (Å²) in [7, 11) is -3.88. The smallest absolute Gasteiger partial charge is 0.262 e. The van der Waals surface area contributed by atoms with E-state index < -0.39 is 10.0 Å². The van der Waals surface area contributed by atoms with E-state index in [4.69, 9.17) is 9.47 Å². The van der Waals surface area contributed by atoms with Crippen molar-refractivity contribution in [2.45, 2.75) is 18.7 Å². The summed E-state index contributed by atoms with van der Waals surface area (Å²) in [5.74, 6) is 0.224. The second kappa shape index (κ2) is 11.0. The Balaban J connectivity index is 1.97. The number of benzene rings is 3. The van der Waals surface area contributed by atoms with E-state index in [9.17, 15) is 13.2 Å². The number of halogens is 2. The summed E-state index contributed by atoms with van der Waals surface area (Å²) in [5.41, 5.74) is 1.02. The summed E-state index contributed by atoms with van der Waals surface area (Å²) in [6.07, 6.45) is 0. The highest BCUT2D eigenvalue weighted by Crippen LogP contribution is 2.38. The molecule has 0 aliphatic heterocycles. The average molecular weight is 598 g/mol. The van der Waals surface area contributed by atoms with E-state index in [-0.39, 0.29) is 22.2 Å². The van der Waals surface area contributed by atoms with Crippen molar-refractivity contribution in [3.63, 3.8) is 0 Å². The average Bonchev–Trinajstić information content (AvgIpc) is 2.77. The molecular weight excluding hydrogens is 576 g/mol. The first-order chi connectivity index (χ1) is 15.7. The molecule has 174 valence electrons. The molecule has 10 heteroatoms. The predicted octanol–water partition coefficient (Wildman–Crippen LogP) is 6.06. The Morgan fingerprint density at radius 3 is 1.85 bits per heavy atom. The molecule has 7 nitrogen and oxygen atoms in total. The van der Waals surface area contributed by atoms with E-state index in [1.807, 2.05) is 0 Å². The van der Waals surface area contributed by atoms with Gasteiger partial charge in [0.05, 0.1) is 29.5 Å². The number of rotatable bonds is 9. The molecule has 3 aromatic rings. The molecule has 0 aliphatic carbocycles. The largest absolute Gasteiger partial charge is 0.492 e. The van der Waals surface area contributed by atoms with Crippen molar-refractivity contribution >= 4 is 59.2 Å². The van der Waals surface area contributed by atoms with Crippen LogP contribution in [0.1, 0.15) is 24.2 Å². The van der Waals surface area contributed by atoms with Gasteiger partial charge in [0, 0.05) is 26.6 Å². The Kier molecular flexibility index (Phi) is 8.39. The highest BCUT2D eigenvalue weighted by atomic mass is 79.9. The van der Waals surface area contributed by atoms with Crippen LogP contribution in [0.3, 0.4) is 0 Å². The van der Waals surface area contributed by atoms with Gasteiger partial charge in [-0.3, -0.25) is 9.52 Å². The first kappa shape index (κ1) is 25.1. The number of amides is 1. The summed E-state index contributed by atoms with van der Waals surface area (Å²) in [5, 5.41) is 2.82. The summed E-state index contributed by atoms with van der Waals surface area (Å²) >= 11 is 6.64. The molecule has 0 aromatic heterocycles. The van der Waals surface area contributed by atoms with Crippen LogP contribution in [-0.2, 0) is 10.0 Å². The highest BCUT2D eigenvalue weighted by Gasteiger charge is 2.20. The van der Waals surface area contributed by atoms with Gasteiger partial charge in [0.1, 0.15) is 11.5 Å². The van der Waals surface area contributed by atoms with Crippen molar-refractivity contribution in [2.75, 3.05) is 23.3 Å². The summed E-state index contributed by atoms with van der Waals surface area (Å²) in [6.45, 7) is 4.18. The lowest BCUT2D eigenvalue weighted by Gasteiger charge is -2.18. The summed E-state index contributed by atoms with van der Waals surface area (Å²) < 4.78 is 41.4. The molecule has 0 unspecified atom stereocenters. The van der Waals surface area contributed by atoms with Gasteiger partial charge in [-0.15, -0.1) is 0 Å².